The number of benzene rings is 2. The van der Waals surface area contributed by atoms with Gasteiger partial charge in [-0.15, -0.1) is 0 Å². The van der Waals surface area contributed by atoms with Gasteiger partial charge in [0.15, 0.2) is 6.10 Å². The summed E-state index contributed by atoms with van der Waals surface area (Å²) >= 11 is 5.91. The number of carbonyl (C=O) groups excluding carboxylic acids is 1. The largest absolute Gasteiger partial charge is 0.481 e. The summed E-state index contributed by atoms with van der Waals surface area (Å²) in [5.41, 5.74) is 1.08. The molecule has 0 aliphatic heterocycles. The highest BCUT2D eigenvalue weighted by molar-refractivity contribution is 7.92. The smallest absolute Gasteiger partial charge is 0.265 e. The summed E-state index contributed by atoms with van der Waals surface area (Å²) in [7, 11) is -3.84. The van der Waals surface area contributed by atoms with Crippen molar-refractivity contribution in [1.29, 1.82) is 0 Å². The van der Waals surface area contributed by atoms with Crippen LogP contribution in [0.15, 0.2) is 59.5 Å². The number of amides is 1. The van der Waals surface area contributed by atoms with Crippen LogP contribution in [0.5, 0.6) is 5.75 Å². The van der Waals surface area contributed by atoms with Gasteiger partial charge in [-0.05, 0) is 63.2 Å². The molecule has 0 bridgehead atoms. The maximum Gasteiger partial charge on any atom is 0.265 e. The quantitative estimate of drug-likeness (QED) is 0.552. The van der Waals surface area contributed by atoms with Crippen molar-refractivity contribution < 1.29 is 17.9 Å². The number of hydrogen-bond acceptors (Lipinski definition) is 6. The maximum atomic E-state index is 12.6. The van der Waals surface area contributed by atoms with Crippen LogP contribution in [0.1, 0.15) is 18.4 Å². The molecule has 3 rings (SSSR count). The lowest BCUT2D eigenvalue weighted by Crippen LogP contribution is -2.30. The molecule has 2 N–H and O–H groups in total. The summed E-state index contributed by atoms with van der Waals surface area (Å²) in [6, 6.07) is 14.0. The normalized spacial score (nSPS) is 12.1. The Morgan fingerprint density at radius 2 is 1.77 bits per heavy atom. The highest BCUT2D eigenvalue weighted by atomic mass is 35.5. The highest BCUT2D eigenvalue weighted by Crippen LogP contribution is 2.20. The molecular weight excluding hydrogens is 440 g/mol. The number of sulfonamides is 1. The molecule has 0 saturated heterocycles. The van der Waals surface area contributed by atoms with Crippen LogP contribution in [0.25, 0.3) is 0 Å². The van der Waals surface area contributed by atoms with Crippen molar-refractivity contribution in [1.82, 2.24) is 9.97 Å². The molecule has 0 fully saturated rings. The Labute approximate surface area is 185 Å². The lowest BCUT2D eigenvalue weighted by Gasteiger charge is -2.15. The molecule has 0 aliphatic carbocycles. The minimum absolute atomic E-state index is 0.0302. The number of aromatic nitrogens is 2. The SMILES string of the molecule is Cc1cc(NS(=O)(=O)c2ccc(NC(=O)C(C)Oc3cccc(Cl)c3)cc2)nc(C)n1. The lowest BCUT2D eigenvalue weighted by atomic mass is 10.3. The Balaban J connectivity index is 1.65. The predicted molar refractivity (Wildman–Crippen MR) is 119 cm³/mol. The van der Waals surface area contributed by atoms with E-state index in [0.29, 0.717) is 28.0 Å². The predicted octanol–water partition coefficient (Wildman–Crippen LogP) is 3.95. The standard InChI is InChI=1S/C21H21ClN4O4S/c1-13-11-20(24-15(3)23-13)26-31(28,29)19-9-7-17(8-10-19)25-21(27)14(2)30-18-6-4-5-16(22)12-18/h4-12,14H,1-3H3,(H,25,27)(H,23,24,26). The van der Waals surface area contributed by atoms with Gasteiger partial charge in [-0.3, -0.25) is 9.52 Å². The molecule has 2 aromatic carbocycles. The summed E-state index contributed by atoms with van der Waals surface area (Å²) in [5.74, 6) is 0.734. The average molecular weight is 461 g/mol. The van der Waals surface area contributed by atoms with E-state index in [1.165, 1.54) is 24.3 Å². The molecule has 0 saturated carbocycles. The van der Waals surface area contributed by atoms with Crippen molar-refractivity contribution in [3.8, 4) is 5.75 Å². The van der Waals surface area contributed by atoms with Crippen molar-refractivity contribution in [3.63, 3.8) is 0 Å². The van der Waals surface area contributed by atoms with Crippen molar-refractivity contribution >= 4 is 39.0 Å². The minimum atomic E-state index is -3.84. The van der Waals surface area contributed by atoms with Gasteiger partial charge in [0, 0.05) is 22.5 Å². The molecule has 1 amide bonds. The zero-order chi connectivity index (χ0) is 22.6. The van der Waals surface area contributed by atoms with E-state index in [0.717, 1.165) is 0 Å². The van der Waals surface area contributed by atoms with E-state index >= 15 is 0 Å². The molecule has 162 valence electrons. The van der Waals surface area contributed by atoms with Crippen LogP contribution in [0.3, 0.4) is 0 Å². The third-order valence-electron chi connectivity index (χ3n) is 4.12. The number of halogens is 1. The minimum Gasteiger partial charge on any atom is -0.481 e. The van der Waals surface area contributed by atoms with E-state index < -0.39 is 16.1 Å². The van der Waals surface area contributed by atoms with E-state index in [2.05, 4.69) is 20.0 Å². The van der Waals surface area contributed by atoms with E-state index in [4.69, 9.17) is 16.3 Å². The maximum absolute atomic E-state index is 12.6. The van der Waals surface area contributed by atoms with Crippen LogP contribution < -0.4 is 14.8 Å². The molecule has 0 aliphatic rings. The van der Waals surface area contributed by atoms with Crippen molar-refractivity contribution in [2.24, 2.45) is 0 Å². The number of aryl methyl sites for hydroxylation is 2. The molecule has 1 unspecified atom stereocenters. The molecule has 0 spiro atoms. The van der Waals surface area contributed by atoms with Gasteiger partial charge in [-0.2, -0.15) is 0 Å². The van der Waals surface area contributed by atoms with Crippen LogP contribution in [0.4, 0.5) is 11.5 Å². The number of nitrogens with zero attached hydrogens (tertiary/aromatic N) is 2. The number of ether oxygens (including phenoxy) is 1. The molecule has 1 aromatic heterocycles. The highest BCUT2D eigenvalue weighted by Gasteiger charge is 2.18. The van der Waals surface area contributed by atoms with E-state index in [1.54, 1.807) is 51.1 Å². The fourth-order valence-corrected chi connectivity index (χ4v) is 3.90. The number of rotatable bonds is 7. The Morgan fingerprint density at radius 1 is 1.06 bits per heavy atom. The first kappa shape index (κ1) is 22.5. The molecular formula is C21H21ClN4O4S. The fraction of sp³-hybridized carbons (Fsp3) is 0.190. The number of hydrogen-bond donors (Lipinski definition) is 2. The van der Waals surface area contributed by atoms with Crippen LogP contribution in [0, 0.1) is 13.8 Å². The zero-order valence-electron chi connectivity index (χ0n) is 17.1. The molecule has 10 heteroatoms. The van der Waals surface area contributed by atoms with Gasteiger partial charge in [0.1, 0.15) is 17.4 Å². The van der Waals surface area contributed by atoms with Gasteiger partial charge in [-0.1, -0.05) is 17.7 Å². The average Bonchev–Trinajstić information content (AvgIpc) is 2.67. The molecule has 1 atom stereocenters. The Hall–Kier alpha value is -3.17. The summed E-state index contributed by atoms with van der Waals surface area (Å²) in [6.45, 7) is 5.03. The van der Waals surface area contributed by atoms with Gasteiger partial charge in [0.25, 0.3) is 15.9 Å². The Morgan fingerprint density at radius 3 is 2.42 bits per heavy atom. The molecule has 0 radical (unpaired) electrons. The number of anilines is 2. The summed E-state index contributed by atoms with van der Waals surface area (Å²) in [6.07, 6.45) is -0.784. The Bertz CT molecular complexity index is 1180. The number of nitrogens with one attached hydrogen (secondary N) is 2. The number of carbonyl (C=O) groups is 1. The first-order valence-corrected chi connectivity index (χ1v) is 11.2. The van der Waals surface area contributed by atoms with Crippen LogP contribution in [0.2, 0.25) is 5.02 Å². The summed E-state index contributed by atoms with van der Waals surface area (Å²) in [5, 5.41) is 3.19. The Kier molecular flexibility index (Phi) is 6.77. The van der Waals surface area contributed by atoms with Crippen molar-refractivity contribution in [2.75, 3.05) is 10.0 Å². The first-order chi connectivity index (χ1) is 14.6. The third kappa shape index (κ3) is 6.16. The van der Waals surface area contributed by atoms with Gasteiger partial charge >= 0.3 is 0 Å². The van der Waals surface area contributed by atoms with Gasteiger partial charge in [-0.25, -0.2) is 18.4 Å². The molecule has 8 nitrogen and oxygen atoms in total. The molecule has 31 heavy (non-hydrogen) atoms. The zero-order valence-corrected chi connectivity index (χ0v) is 18.7. The molecule has 1 heterocycles. The summed E-state index contributed by atoms with van der Waals surface area (Å²) < 4.78 is 33.2. The van der Waals surface area contributed by atoms with Gasteiger partial charge in [0.2, 0.25) is 0 Å². The van der Waals surface area contributed by atoms with Crippen LogP contribution in [-0.2, 0) is 14.8 Å². The van der Waals surface area contributed by atoms with Crippen LogP contribution in [-0.4, -0.2) is 30.4 Å². The molecule has 3 aromatic rings. The second kappa shape index (κ2) is 9.32. The topological polar surface area (TPSA) is 110 Å². The monoisotopic (exact) mass is 460 g/mol. The fourth-order valence-electron chi connectivity index (χ4n) is 2.73. The van der Waals surface area contributed by atoms with Gasteiger partial charge in [0.05, 0.1) is 4.90 Å². The first-order valence-electron chi connectivity index (χ1n) is 9.31. The second-order valence-electron chi connectivity index (χ2n) is 6.78. The van der Waals surface area contributed by atoms with E-state index in [1.807, 2.05) is 0 Å². The van der Waals surface area contributed by atoms with Crippen molar-refractivity contribution in [2.45, 2.75) is 31.8 Å². The summed E-state index contributed by atoms with van der Waals surface area (Å²) in [4.78, 5) is 20.6. The second-order valence-corrected chi connectivity index (χ2v) is 8.90. The van der Waals surface area contributed by atoms with Crippen molar-refractivity contribution in [3.05, 3.63) is 71.1 Å². The third-order valence-corrected chi connectivity index (χ3v) is 5.72. The van der Waals surface area contributed by atoms with E-state index in [9.17, 15) is 13.2 Å². The van der Waals surface area contributed by atoms with Gasteiger partial charge < -0.3 is 10.1 Å². The van der Waals surface area contributed by atoms with Crippen LogP contribution >= 0.6 is 11.6 Å². The lowest BCUT2D eigenvalue weighted by molar-refractivity contribution is -0.122. The van der Waals surface area contributed by atoms with E-state index in [-0.39, 0.29) is 16.6 Å².